The molecule has 0 radical (unpaired) electrons. The van der Waals surface area contributed by atoms with E-state index in [4.69, 9.17) is 0 Å². The van der Waals surface area contributed by atoms with Gasteiger partial charge in [-0.15, -0.1) is 0 Å². The maximum atomic E-state index is 12.8. The van der Waals surface area contributed by atoms with Gasteiger partial charge in [-0.3, -0.25) is 4.90 Å². The summed E-state index contributed by atoms with van der Waals surface area (Å²) in [5.74, 6) is -0.149. The summed E-state index contributed by atoms with van der Waals surface area (Å²) in [4.78, 5) is 2.48. The first kappa shape index (κ1) is 10.6. The molecule has 2 heteroatoms. The fourth-order valence-electron chi connectivity index (χ4n) is 2.26. The predicted molar refractivity (Wildman–Crippen MR) is 60.2 cm³/mol. The third-order valence-electron chi connectivity index (χ3n) is 3.29. The lowest BCUT2D eigenvalue weighted by molar-refractivity contribution is 0.175. The van der Waals surface area contributed by atoms with E-state index in [2.05, 4.69) is 11.8 Å². The van der Waals surface area contributed by atoms with Crippen LogP contribution in [0, 0.1) is 5.82 Å². The second kappa shape index (κ2) is 4.75. The average Bonchev–Trinajstić information content (AvgIpc) is 2.30. The number of rotatable bonds is 2. The SMILES string of the molecule is C[C@@H](c1ccc(F)cc1)N1CCCCC1. The zero-order valence-corrected chi connectivity index (χ0v) is 9.25. The van der Waals surface area contributed by atoms with E-state index in [-0.39, 0.29) is 5.82 Å². The molecule has 0 N–H and O–H groups in total. The first-order valence-electron chi connectivity index (χ1n) is 5.77. The minimum Gasteiger partial charge on any atom is -0.297 e. The molecular weight excluding hydrogens is 189 g/mol. The van der Waals surface area contributed by atoms with Crippen molar-refractivity contribution in [2.24, 2.45) is 0 Å². The zero-order valence-electron chi connectivity index (χ0n) is 9.25. The number of likely N-dealkylation sites (tertiary alicyclic amines) is 1. The van der Waals surface area contributed by atoms with Crippen LogP contribution in [0.2, 0.25) is 0 Å². The summed E-state index contributed by atoms with van der Waals surface area (Å²) in [5.41, 5.74) is 1.22. The third-order valence-corrected chi connectivity index (χ3v) is 3.29. The molecule has 1 aliphatic heterocycles. The fraction of sp³-hybridized carbons (Fsp3) is 0.538. The van der Waals surface area contributed by atoms with Gasteiger partial charge in [-0.05, 0) is 50.6 Å². The first-order chi connectivity index (χ1) is 7.27. The van der Waals surface area contributed by atoms with Gasteiger partial charge < -0.3 is 0 Å². The molecule has 1 saturated heterocycles. The van der Waals surface area contributed by atoms with Crippen molar-refractivity contribution in [3.8, 4) is 0 Å². The minimum absolute atomic E-state index is 0.149. The molecule has 1 atom stereocenters. The van der Waals surface area contributed by atoms with Gasteiger partial charge in [0.1, 0.15) is 5.82 Å². The van der Waals surface area contributed by atoms with E-state index in [1.54, 1.807) is 12.1 Å². The van der Waals surface area contributed by atoms with E-state index in [0.29, 0.717) is 6.04 Å². The van der Waals surface area contributed by atoms with Crippen LogP contribution in [0.1, 0.15) is 37.8 Å². The highest BCUT2D eigenvalue weighted by molar-refractivity contribution is 5.19. The van der Waals surface area contributed by atoms with Crippen LogP contribution in [0.25, 0.3) is 0 Å². The van der Waals surface area contributed by atoms with Crippen molar-refractivity contribution in [3.05, 3.63) is 35.6 Å². The molecule has 0 bridgehead atoms. The molecule has 1 heterocycles. The van der Waals surface area contributed by atoms with Crippen LogP contribution in [-0.2, 0) is 0 Å². The largest absolute Gasteiger partial charge is 0.297 e. The van der Waals surface area contributed by atoms with Crippen molar-refractivity contribution in [1.82, 2.24) is 4.90 Å². The predicted octanol–water partition coefficient (Wildman–Crippen LogP) is 3.37. The summed E-state index contributed by atoms with van der Waals surface area (Å²) in [5, 5.41) is 0. The number of halogens is 1. The van der Waals surface area contributed by atoms with Crippen molar-refractivity contribution in [2.45, 2.75) is 32.2 Å². The van der Waals surface area contributed by atoms with E-state index in [0.717, 1.165) is 0 Å². The number of nitrogens with zero attached hydrogens (tertiary/aromatic N) is 1. The van der Waals surface area contributed by atoms with Gasteiger partial charge in [-0.2, -0.15) is 0 Å². The molecule has 1 aromatic carbocycles. The fourth-order valence-corrected chi connectivity index (χ4v) is 2.26. The topological polar surface area (TPSA) is 3.24 Å². The maximum Gasteiger partial charge on any atom is 0.123 e. The molecule has 1 fully saturated rings. The summed E-state index contributed by atoms with van der Waals surface area (Å²) in [6, 6.07) is 7.32. The van der Waals surface area contributed by atoms with E-state index in [1.165, 1.54) is 37.9 Å². The summed E-state index contributed by atoms with van der Waals surface area (Å²) in [7, 11) is 0. The van der Waals surface area contributed by atoms with E-state index < -0.39 is 0 Å². The minimum atomic E-state index is -0.149. The highest BCUT2D eigenvalue weighted by Crippen LogP contribution is 2.23. The zero-order chi connectivity index (χ0) is 10.7. The van der Waals surface area contributed by atoms with Gasteiger partial charge in [0.2, 0.25) is 0 Å². The lowest BCUT2D eigenvalue weighted by Crippen LogP contribution is -2.32. The molecule has 1 aliphatic rings. The summed E-state index contributed by atoms with van der Waals surface area (Å²) in [6.45, 7) is 4.57. The second-order valence-corrected chi connectivity index (χ2v) is 4.32. The number of hydrogen-bond donors (Lipinski definition) is 0. The Morgan fingerprint density at radius 3 is 2.27 bits per heavy atom. The van der Waals surface area contributed by atoms with Gasteiger partial charge >= 0.3 is 0 Å². The summed E-state index contributed by atoms with van der Waals surface area (Å²) < 4.78 is 12.8. The third kappa shape index (κ3) is 2.57. The van der Waals surface area contributed by atoms with Crippen LogP contribution in [0.15, 0.2) is 24.3 Å². The van der Waals surface area contributed by atoms with Gasteiger partial charge in [0.15, 0.2) is 0 Å². The maximum absolute atomic E-state index is 12.8. The van der Waals surface area contributed by atoms with Crippen molar-refractivity contribution in [1.29, 1.82) is 0 Å². The quantitative estimate of drug-likeness (QED) is 0.718. The lowest BCUT2D eigenvalue weighted by Gasteiger charge is -2.32. The van der Waals surface area contributed by atoms with Crippen LogP contribution >= 0.6 is 0 Å². The monoisotopic (exact) mass is 207 g/mol. The molecule has 0 amide bonds. The first-order valence-corrected chi connectivity index (χ1v) is 5.77. The van der Waals surface area contributed by atoms with Gasteiger partial charge in [0.05, 0.1) is 0 Å². The molecule has 0 unspecified atom stereocenters. The highest BCUT2D eigenvalue weighted by Gasteiger charge is 2.17. The Morgan fingerprint density at radius 2 is 1.67 bits per heavy atom. The average molecular weight is 207 g/mol. The smallest absolute Gasteiger partial charge is 0.123 e. The Morgan fingerprint density at radius 1 is 1.07 bits per heavy atom. The lowest BCUT2D eigenvalue weighted by atomic mass is 10.0. The van der Waals surface area contributed by atoms with E-state index >= 15 is 0 Å². The number of piperidine rings is 1. The summed E-state index contributed by atoms with van der Waals surface area (Å²) >= 11 is 0. The molecule has 1 nitrogen and oxygen atoms in total. The van der Waals surface area contributed by atoms with E-state index in [9.17, 15) is 4.39 Å². The molecule has 15 heavy (non-hydrogen) atoms. The van der Waals surface area contributed by atoms with Gasteiger partial charge in [0, 0.05) is 6.04 Å². The molecule has 82 valence electrons. The Kier molecular flexibility index (Phi) is 3.37. The van der Waals surface area contributed by atoms with Crippen LogP contribution in [0.5, 0.6) is 0 Å². The number of hydrogen-bond acceptors (Lipinski definition) is 1. The molecule has 0 aliphatic carbocycles. The van der Waals surface area contributed by atoms with Crippen molar-refractivity contribution in [2.75, 3.05) is 13.1 Å². The van der Waals surface area contributed by atoms with Crippen molar-refractivity contribution < 1.29 is 4.39 Å². The van der Waals surface area contributed by atoms with E-state index in [1.807, 2.05) is 12.1 Å². The Balaban J connectivity index is 2.05. The van der Waals surface area contributed by atoms with Crippen LogP contribution in [0.4, 0.5) is 4.39 Å². The van der Waals surface area contributed by atoms with Crippen molar-refractivity contribution in [3.63, 3.8) is 0 Å². The van der Waals surface area contributed by atoms with Crippen LogP contribution in [-0.4, -0.2) is 18.0 Å². The Bertz CT molecular complexity index is 301. The molecule has 0 aromatic heterocycles. The molecule has 1 aromatic rings. The van der Waals surface area contributed by atoms with Gasteiger partial charge in [-0.1, -0.05) is 18.6 Å². The number of benzene rings is 1. The molecular formula is C13H18FN. The van der Waals surface area contributed by atoms with Crippen LogP contribution in [0.3, 0.4) is 0 Å². The Hall–Kier alpha value is -0.890. The van der Waals surface area contributed by atoms with Gasteiger partial charge in [0.25, 0.3) is 0 Å². The van der Waals surface area contributed by atoms with Crippen molar-refractivity contribution >= 4 is 0 Å². The molecule has 0 spiro atoms. The summed E-state index contributed by atoms with van der Waals surface area (Å²) in [6.07, 6.45) is 3.95. The van der Waals surface area contributed by atoms with Crippen LogP contribution < -0.4 is 0 Å². The second-order valence-electron chi connectivity index (χ2n) is 4.32. The Labute approximate surface area is 90.9 Å². The standard InChI is InChI=1S/C13H18FN/c1-11(15-9-3-2-4-10-15)12-5-7-13(14)8-6-12/h5-8,11H,2-4,9-10H2,1H3/t11-/m0/s1. The molecule has 2 rings (SSSR count). The van der Waals surface area contributed by atoms with Gasteiger partial charge in [-0.25, -0.2) is 4.39 Å². The molecule has 0 saturated carbocycles. The highest BCUT2D eigenvalue weighted by atomic mass is 19.1. The normalized spacial score (nSPS) is 20.1.